The maximum atomic E-state index is 6.02. The highest BCUT2D eigenvalue weighted by Crippen LogP contribution is 2.36. The van der Waals surface area contributed by atoms with Gasteiger partial charge in [-0.1, -0.05) is 13.8 Å². The third-order valence-corrected chi connectivity index (χ3v) is 3.58. The predicted molar refractivity (Wildman–Crippen MR) is 60.7 cm³/mol. The molecule has 4 heteroatoms. The van der Waals surface area contributed by atoms with Gasteiger partial charge >= 0.3 is 0 Å². The van der Waals surface area contributed by atoms with E-state index in [-0.39, 0.29) is 0 Å². The van der Waals surface area contributed by atoms with Gasteiger partial charge in [0.05, 0.1) is 11.1 Å². The fourth-order valence-electron chi connectivity index (χ4n) is 1.43. The fourth-order valence-corrected chi connectivity index (χ4v) is 2.55. The van der Waals surface area contributed by atoms with Crippen LogP contribution in [0.4, 0.5) is 5.69 Å². The van der Waals surface area contributed by atoms with Crippen molar-refractivity contribution in [3.05, 3.63) is 16.9 Å². The molecule has 0 aliphatic rings. The molecule has 0 radical (unpaired) electrons. The monoisotopic (exact) mass is 207 g/mol. The minimum Gasteiger partial charge on any atom is -0.397 e. The summed E-state index contributed by atoms with van der Waals surface area (Å²) < 4.78 is 0. The van der Waals surface area contributed by atoms with Crippen LogP contribution in [-0.2, 0) is 0 Å². The Morgan fingerprint density at radius 2 is 2.14 bits per heavy atom. The number of hydrogen-bond donors (Lipinski definition) is 1. The van der Waals surface area contributed by atoms with Crippen LogP contribution in [0.1, 0.15) is 30.5 Å². The van der Waals surface area contributed by atoms with E-state index >= 15 is 0 Å². The van der Waals surface area contributed by atoms with Gasteiger partial charge < -0.3 is 5.73 Å². The first-order valence-electron chi connectivity index (χ1n) is 4.61. The molecule has 2 aromatic rings. The number of fused-ring (bicyclic) bond motifs is 1. The lowest BCUT2D eigenvalue weighted by Gasteiger charge is -2.00. The number of anilines is 1. The summed E-state index contributed by atoms with van der Waals surface area (Å²) in [7, 11) is 0. The Hall–Kier alpha value is -1.16. The molecule has 14 heavy (non-hydrogen) atoms. The average molecular weight is 207 g/mol. The first-order chi connectivity index (χ1) is 6.59. The molecule has 74 valence electrons. The molecular weight excluding hydrogens is 194 g/mol. The van der Waals surface area contributed by atoms with Crippen molar-refractivity contribution in [2.24, 2.45) is 0 Å². The number of thiophene rings is 1. The zero-order chi connectivity index (χ0) is 10.3. The van der Waals surface area contributed by atoms with Crippen LogP contribution in [0.3, 0.4) is 0 Å². The quantitative estimate of drug-likeness (QED) is 0.782. The van der Waals surface area contributed by atoms with Crippen LogP contribution in [0.15, 0.2) is 6.20 Å². The van der Waals surface area contributed by atoms with E-state index in [0.717, 1.165) is 21.7 Å². The predicted octanol–water partition coefficient (Wildman–Crippen LogP) is 2.71. The topological polar surface area (TPSA) is 51.8 Å². The van der Waals surface area contributed by atoms with E-state index in [0.29, 0.717) is 5.92 Å². The lowest BCUT2D eigenvalue weighted by atomic mass is 10.1. The van der Waals surface area contributed by atoms with Crippen LogP contribution in [0.2, 0.25) is 0 Å². The Kier molecular flexibility index (Phi) is 2.15. The standard InChI is InChI=1S/C10H13N3S/c1-5(2)9-8(11)7-4-12-6(3)13-10(7)14-9/h4-5H,11H2,1-3H3. The largest absolute Gasteiger partial charge is 0.397 e. The Morgan fingerprint density at radius 3 is 2.79 bits per heavy atom. The summed E-state index contributed by atoms with van der Waals surface area (Å²) in [4.78, 5) is 10.7. The molecule has 0 spiro atoms. The molecule has 0 saturated heterocycles. The summed E-state index contributed by atoms with van der Waals surface area (Å²) in [6.45, 7) is 6.17. The summed E-state index contributed by atoms with van der Waals surface area (Å²) in [6, 6.07) is 0. The SMILES string of the molecule is Cc1ncc2c(N)c(C(C)C)sc2n1. The van der Waals surface area contributed by atoms with E-state index in [9.17, 15) is 0 Å². The van der Waals surface area contributed by atoms with Gasteiger partial charge in [-0.15, -0.1) is 11.3 Å². The van der Waals surface area contributed by atoms with Gasteiger partial charge in [0.25, 0.3) is 0 Å². The van der Waals surface area contributed by atoms with E-state index < -0.39 is 0 Å². The Balaban J connectivity index is 2.73. The molecule has 3 nitrogen and oxygen atoms in total. The molecule has 0 saturated carbocycles. The summed E-state index contributed by atoms with van der Waals surface area (Å²) >= 11 is 1.67. The Bertz CT molecular complexity index is 473. The van der Waals surface area contributed by atoms with Crippen molar-refractivity contribution in [3.8, 4) is 0 Å². The van der Waals surface area contributed by atoms with E-state index in [1.165, 1.54) is 4.88 Å². The van der Waals surface area contributed by atoms with Crippen LogP contribution in [0.25, 0.3) is 10.2 Å². The van der Waals surface area contributed by atoms with Crippen molar-refractivity contribution in [1.82, 2.24) is 9.97 Å². The normalized spacial score (nSPS) is 11.4. The minimum atomic E-state index is 0.453. The second-order valence-electron chi connectivity index (χ2n) is 3.67. The highest BCUT2D eigenvalue weighted by Gasteiger charge is 2.13. The number of rotatable bonds is 1. The molecule has 2 aromatic heterocycles. The van der Waals surface area contributed by atoms with Crippen LogP contribution in [0.5, 0.6) is 0 Å². The van der Waals surface area contributed by atoms with E-state index in [4.69, 9.17) is 5.73 Å². The first kappa shape index (κ1) is 9.40. The van der Waals surface area contributed by atoms with Gasteiger partial charge in [-0.3, -0.25) is 0 Å². The smallest absolute Gasteiger partial charge is 0.129 e. The van der Waals surface area contributed by atoms with E-state index in [1.807, 2.05) is 13.1 Å². The van der Waals surface area contributed by atoms with Gasteiger partial charge in [-0.2, -0.15) is 0 Å². The van der Waals surface area contributed by atoms with Crippen molar-refractivity contribution in [3.63, 3.8) is 0 Å². The third kappa shape index (κ3) is 1.35. The van der Waals surface area contributed by atoms with Gasteiger partial charge in [0.15, 0.2) is 0 Å². The van der Waals surface area contributed by atoms with Gasteiger partial charge in [0.2, 0.25) is 0 Å². The minimum absolute atomic E-state index is 0.453. The van der Waals surface area contributed by atoms with Crippen molar-refractivity contribution in [2.75, 3.05) is 5.73 Å². The molecule has 2 rings (SSSR count). The third-order valence-electron chi connectivity index (χ3n) is 2.16. The number of nitrogens with two attached hydrogens (primary N) is 1. The first-order valence-corrected chi connectivity index (χ1v) is 5.42. The molecule has 0 fully saturated rings. The number of nitrogen functional groups attached to an aromatic ring is 1. The molecule has 2 N–H and O–H groups in total. The number of nitrogens with zero attached hydrogens (tertiary/aromatic N) is 2. The van der Waals surface area contributed by atoms with Crippen molar-refractivity contribution in [2.45, 2.75) is 26.7 Å². The van der Waals surface area contributed by atoms with Gasteiger partial charge in [0.1, 0.15) is 10.7 Å². The fraction of sp³-hybridized carbons (Fsp3) is 0.400. The van der Waals surface area contributed by atoms with E-state index in [2.05, 4.69) is 23.8 Å². The molecule has 0 aliphatic heterocycles. The van der Waals surface area contributed by atoms with Crippen LogP contribution in [0, 0.1) is 6.92 Å². The van der Waals surface area contributed by atoms with Crippen LogP contribution < -0.4 is 5.73 Å². The van der Waals surface area contributed by atoms with Gasteiger partial charge in [0, 0.05) is 11.1 Å². The lowest BCUT2D eigenvalue weighted by molar-refractivity contribution is 0.893. The average Bonchev–Trinajstić information content (AvgIpc) is 2.43. The van der Waals surface area contributed by atoms with Crippen LogP contribution >= 0.6 is 11.3 Å². The molecule has 0 atom stereocenters. The van der Waals surface area contributed by atoms with Gasteiger partial charge in [-0.25, -0.2) is 9.97 Å². The zero-order valence-electron chi connectivity index (χ0n) is 8.53. The van der Waals surface area contributed by atoms with Crippen molar-refractivity contribution in [1.29, 1.82) is 0 Å². The molecular formula is C10H13N3S. The molecule has 0 aliphatic carbocycles. The van der Waals surface area contributed by atoms with Gasteiger partial charge in [-0.05, 0) is 12.8 Å². The highest BCUT2D eigenvalue weighted by molar-refractivity contribution is 7.19. The van der Waals surface area contributed by atoms with E-state index in [1.54, 1.807) is 11.3 Å². The second kappa shape index (κ2) is 3.20. The maximum Gasteiger partial charge on any atom is 0.129 e. The Labute approximate surface area is 87.0 Å². The summed E-state index contributed by atoms with van der Waals surface area (Å²) in [5.74, 6) is 1.25. The summed E-state index contributed by atoms with van der Waals surface area (Å²) in [6.07, 6.45) is 1.81. The molecule has 2 heterocycles. The number of aromatic nitrogens is 2. The highest BCUT2D eigenvalue weighted by atomic mass is 32.1. The molecule has 0 amide bonds. The second-order valence-corrected chi connectivity index (χ2v) is 4.70. The molecule has 0 unspecified atom stereocenters. The van der Waals surface area contributed by atoms with Crippen molar-refractivity contribution < 1.29 is 0 Å². The molecule has 0 bridgehead atoms. The van der Waals surface area contributed by atoms with Crippen molar-refractivity contribution >= 4 is 27.2 Å². The van der Waals surface area contributed by atoms with Crippen LogP contribution in [-0.4, -0.2) is 9.97 Å². The maximum absolute atomic E-state index is 6.02. The zero-order valence-corrected chi connectivity index (χ0v) is 9.35. The molecule has 0 aromatic carbocycles. The number of hydrogen-bond acceptors (Lipinski definition) is 4. The summed E-state index contributed by atoms with van der Waals surface area (Å²) in [5, 5.41) is 0.990. The lowest BCUT2D eigenvalue weighted by Crippen LogP contribution is -1.91. The Morgan fingerprint density at radius 1 is 1.43 bits per heavy atom. The summed E-state index contributed by atoms with van der Waals surface area (Å²) in [5.41, 5.74) is 6.87. The number of aryl methyl sites for hydroxylation is 1.